The summed E-state index contributed by atoms with van der Waals surface area (Å²) in [6.45, 7) is 1.23. The number of nitrogens with zero attached hydrogens (tertiary/aromatic N) is 2. The molecule has 2 atom stereocenters. The number of benzene rings is 2. The number of ether oxygens (including phenoxy) is 2. The van der Waals surface area contributed by atoms with E-state index in [9.17, 15) is 0 Å². The summed E-state index contributed by atoms with van der Waals surface area (Å²) in [6.07, 6.45) is 7.23. The van der Waals surface area contributed by atoms with Crippen molar-refractivity contribution in [2.45, 2.75) is 36.2 Å². The van der Waals surface area contributed by atoms with Crippen molar-refractivity contribution in [2.75, 3.05) is 12.4 Å². The monoisotopic (exact) mass is 560 g/mol. The zero-order chi connectivity index (χ0) is 20.1. The van der Waals surface area contributed by atoms with Gasteiger partial charge in [0.25, 0.3) is 0 Å². The summed E-state index contributed by atoms with van der Waals surface area (Å²) in [5.41, 5.74) is 1.22. The van der Waals surface area contributed by atoms with Gasteiger partial charge in [0.1, 0.15) is 0 Å². The fraction of sp³-hybridized carbons (Fsp3) is 0.318. The van der Waals surface area contributed by atoms with Crippen LogP contribution in [0.1, 0.15) is 12.0 Å². The van der Waals surface area contributed by atoms with Gasteiger partial charge in [0, 0.05) is 5.02 Å². The van der Waals surface area contributed by atoms with E-state index in [4.69, 9.17) is 21.1 Å². The molecule has 1 fully saturated rings. The molecule has 1 saturated heterocycles. The summed E-state index contributed by atoms with van der Waals surface area (Å²) < 4.78 is 16.0. The molecule has 0 unspecified atom stereocenters. The van der Waals surface area contributed by atoms with Gasteiger partial charge in [0.2, 0.25) is 0 Å². The Labute approximate surface area is 213 Å². The van der Waals surface area contributed by atoms with Crippen LogP contribution in [0.4, 0.5) is 0 Å². The molecule has 1 aliphatic heterocycles. The van der Waals surface area contributed by atoms with Gasteiger partial charge in [-0.1, -0.05) is 11.6 Å². The van der Waals surface area contributed by atoms with E-state index in [1.54, 1.807) is 6.20 Å². The Bertz CT molecular complexity index is 931. The molecule has 2 heterocycles. The van der Waals surface area contributed by atoms with Crippen molar-refractivity contribution in [2.24, 2.45) is 0 Å². The van der Waals surface area contributed by atoms with Crippen LogP contribution in [0.2, 0.25) is 5.02 Å². The van der Waals surface area contributed by atoms with Crippen molar-refractivity contribution in [3.8, 4) is 0 Å². The molecule has 2 radical (unpaired) electrons. The first-order valence-electron chi connectivity index (χ1n) is 9.55. The van der Waals surface area contributed by atoms with Gasteiger partial charge in [-0.15, -0.1) is 24.8 Å². The molecule has 1 aliphatic rings. The topological polar surface area (TPSA) is 36.3 Å². The second-order valence-corrected chi connectivity index (χ2v) is 9.61. The van der Waals surface area contributed by atoms with E-state index in [2.05, 4.69) is 58.2 Å². The molecule has 4 nitrogen and oxygen atoms in total. The van der Waals surface area contributed by atoms with Crippen molar-refractivity contribution in [1.29, 1.82) is 0 Å². The number of imidazole rings is 1. The Kier molecular flexibility index (Phi) is 10.8. The van der Waals surface area contributed by atoms with Gasteiger partial charge >= 0.3 is 173 Å². The summed E-state index contributed by atoms with van der Waals surface area (Å²) >= 11 is 10.5. The van der Waals surface area contributed by atoms with Gasteiger partial charge in [-0.05, 0) is 0 Å². The Morgan fingerprint density at radius 1 is 1.16 bits per heavy atom. The van der Waals surface area contributed by atoms with Crippen LogP contribution in [0.3, 0.4) is 0 Å². The average molecular weight is 562 g/mol. The molecular weight excluding hydrogens is 538 g/mol. The van der Waals surface area contributed by atoms with E-state index in [-0.39, 0.29) is 30.9 Å². The molecule has 0 amide bonds. The molecule has 166 valence electrons. The molecule has 3 aromatic rings. The first-order valence-corrected chi connectivity index (χ1v) is 11.8. The molecule has 1 aromatic heterocycles. The van der Waals surface area contributed by atoms with E-state index < -0.39 is 5.79 Å². The molecule has 0 spiro atoms. The van der Waals surface area contributed by atoms with Gasteiger partial charge in [-0.25, -0.2) is 0 Å². The minimum atomic E-state index is -0.645. The summed E-state index contributed by atoms with van der Waals surface area (Å²) in [5, 5.41) is 0.752. The van der Waals surface area contributed by atoms with Crippen LogP contribution >= 0.6 is 48.2 Å². The number of rotatable bonds is 8. The number of hydrogen-bond acceptors (Lipinski definition) is 4. The van der Waals surface area contributed by atoms with Gasteiger partial charge in [0.15, 0.2) is 0 Å². The van der Waals surface area contributed by atoms with Crippen molar-refractivity contribution < 1.29 is 9.47 Å². The Morgan fingerprint density at radius 3 is 2.65 bits per heavy atom. The van der Waals surface area contributed by atoms with Crippen LogP contribution in [0.5, 0.6) is 0 Å². The molecular formula is C22H24AsCl3N2O2S. The Morgan fingerprint density at radius 2 is 1.94 bits per heavy atom. The number of thioether (sulfide) groups is 1. The van der Waals surface area contributed by atoms with E-state index in [1.807, 2.05) is 41.0 Å². The number of hydrogen-bond donors (Lipinski definition) is 0. The average Bonchev–Trinajstić information content (AvgIpc) is 3.38. The molecule has 2 aromatic carbocycles. The van der Waals surface area contributed by atoms with Crippen molar-refractivity contribution >= 4 is 69.4 Å². The van der Waals surface area contributed by atoms with Crippen molar-refractivity contribution in [3.63, 3.8) is 0 Å². The standard InChI is InChI=1S/C22H22AsClN2O2S.2ClH/c23-20-3-1-2-4-21(20)29-14-19-13-27-22(28-19,15-26-12-11-25-16-26)10-9-17-5-7-18(24)8-6-17;;/h1-8,11-12,16,19H,9-10,13-15H2;2*1H/t19-,22-;;/m1../s1. The molecule has 0 aliphatic carbocycles. The summed E-state index contributed by atoms with van der Waals surface area (Å²) in [7, 11) is 0. The Hall–Kier alpha value is -0.652. The zero-order valence-electron chi connectivity index (χ0n) is 16.7. The van der Waals surface area contributed by atoms with Crippen LogP contribution in [-0.2, 0) is 22.4 Å². The minimum absolute atomic E-state index is 0. The molecule has 0 N–H and O–H groups in total. The first-order chi connectivity index (χ1) is 14.1. The summed E-state index contributed by atoms with van der Waals surface area (Å²) in [4.78, 5) is 5.43. The molecule has 9 heteroatoms. The SMILES string of the molecule is Cl.Cl.Clc1ccc(CC[C@@]2(Cn3ccnc3)OC[C@H](CSc3ccccc3[As])O2)cc1. The van der Waals surface area contributed by atoms with E-state index in [0.717, 1.165) is 23.6 Å². The molecule has 4 rings (SSSR count). The van der Waals surface area contributed by atoms with Crippen LogP contribution < -0.4 is 4.35 Å². The van der Waals surface area contributed by atoms with Gasteiger partial charge < -0.3 is 0 Å². The number of aryl methyl sites for hydroxylation is 1. The molecule has 31 heavy (non-hydrogen) atoms. The second-order valence-electron chi connectivity index (χ2n) is 7.10. The predicted octanol–water partition coefficient (Wildman–Crippen LogP) is 4.71. The van der Waals surface area contributed by atoms with Crippen LogP contribution in [0.15, 0.2) is 72.1 Å². The maximum absolute atomic E-state index is 6.51. The molecule has 0 saturated carbocycles. The third-order valence-electron chi connectivity index (χ3n) is 4.89. The maximum atomic E-state index is 6.51. The third-order valence-corrected chi connectivity index (χ3v) is 7.50. The van der Waals surface area contributed by atoms with E-state index in [1.165, 1.54) is 14.8 Å². The Balaban J connectivity index is 0.00000171. The van der Waals surface area contributed by atoms with Crippen molar-refractivity contribution in [3.05, 3.63) is 77.8 Å². The quantitative estimate of drug-likeness (QED) is 0.295. The van der Waals surface area contributed by atoms with Crippen LogP contribution in [0, 0.1) is 0 Å². The van der Waals surface area contributed by atoms with Crippen LogP contribution in [-0.4, -0.2) is 50.7 Å². The first kappa shape index (κ1) is 26.6. The zero-order valence-corrected chi connectivity index (χ0v) is 21.8. The third kappa shape index (κ3) is 7.43. The van der Waals surface area contributed by atoms with Crippen molar-refractivity contribution in [1.82, 2.24) is 9.55 Å². The number of aromatic nitrogens is 2. The summed E-state index contributed by atoms with van der Waals surface area (Å²) in [6, 6.07) is 16.4. The number of halogens is 3. The van der Waals surface area contributed by atoms with Gasteiger partial charge in [0.05, 0.1) is 0 Å². The molecule has 0 bridgehead atoms. The summed E-state index contributed by atoms with van der Waals surface area (Å²) in [5.74, 6) is 0.217. The van der Waals surface area contributed by atoms with E-state index >= 15 is 0 Å². The fourth-order valence-electron chi connectivity index (χ4n) is 3.40. The second kappa shape index (κ2) is 12.6. The normalized spacial score (nSPS) is 20.1. The predicted molar refractivity (Wildman–Crippen MR) is 133 cm³/mol. The fourth-order valence-corrected chi connectivity index (χ4v) is 5.19. The van der Waals surface area contributed by atoms with Crippen LogP contribution in [0.25, 0.3) is 0 Å². The van der Waals surface area contributed by atoms with E-state index in [0.29, 0.717) is 13.2 Å². The van der Waals surface area contributed by atoms with Gasteiger partial charge in [-0.3, -0.25) is 0 Å². The van der Waals surface area contributed by atoms with Gasteiger partial charge in [-0.2, -0.15) is 0 Å².